The maximum atomic E-state index is 12.4. The minimum atomic E-state index is -0.813. The molecule has 0 saturated carbocycles. The molecule has 6 heteroatoms. The Morgan fingerprint density at radius 3 is 2.78 bits per heavy atom. The van der Waals surface area contributed by atoms with E-state index in [0.29, 0.717) is 32.4 Å². The van der Waals surface area contributed by atoms with E-state index < -0.39 is 11.4 Å². The lowest BCUT2D eigenvalue weighted by molar-refractivity contribution is -0.155. The Hall–Kier alpha value is -2.11. The Kier molecular flexibility index (Phi) is 5.58. The summed E-state index contributed by atoms with van der Waals surface area (Å²) < 4.78 is 1.50. The van der Waals surface area contributed by atoms with Gasteiger partial charge in [-0.25, -0.2) is 0 Å². The number of aromatic nitrogens is 1. The third-order valence-electron chi connectivity index (χ3n) is 4.58. The molecule has 1 aliphatic heterocycles. The normalized spacial score (nSPS) is 21.2. The van der Waals surface area contributed by atoms with Crippen molar-refractivity contribution in [3.05, 3.63) is 34.7 Å². The van der Waals surface area contributed by atoms with Crippen LogP contribution in [0.2, 0.25) is 0 Å². The number of carbonyl (C=O) groups excluding carboxylic acids is 1. The summed E-state index contributed by atoms with van der Waals surface area (Å²) in [5, 5.41) is 9.58. The van der Waals surface area contributed by atoms with Crippen LogP contribution in [0.3, 0.4) is 0 Å². The van der Waals surface area contributed by atoms with Crippen molar-refractivity contribution in [3.8, 4) is 0 Å². The summed E-state index contributed by atoms with van der Waals surface area (Å²) in [6, 6.07) is 4.88. The minimum absolute atomic E-state index is 0.0813. The topological polar surface area (TPSA) is 79.6 Å². The molecule has 0 radical (unpaired) electrons. The third kappa shape index (κ3) is 4.00. The lowest BCUT2D eigenvalue weighted by atomic mass is 9.76. The molecule has 23 heavy (non-hydrogen) atoms. The van der Waals surface area contributed by atoms with Crippen LogP contribution in [-0.4, -0.2) is 39.5 Å². The molecule has 1 aromatic heterocycles. The van der Waals surface area contributed by atoms with Gasteiger partial charge in [0.05, 0.1) is 5.41 Å². The molecule has 0 aliphatic carbocycles. The van der Waals surface area contributed by atoms with Gasteiger partial charge in [-0.3, -0.25) is 14.4 Å². The summed E-state index contributed by atoms with van der Waals surface area (Å²) >= 11 is 0. The van der Waals surface area contributed by atoms with Crippen molar-refractivity contribution in [1.82, 2.24) is 9.47 Å². The van der Waals surface area contributed by atoms with Crippen molar-refractivity contribution in [1.29, 1.82) is 0 Å². The Morgan fingerprint density at radius 1 is 1.35 bits per heavy atom. The van der Waals surface area contributed by atoms with Gasteiger partial charge in [0.15, 0.2) is 0 Å². The molecule has 126 valence electrons. The number of pyridine rings is 1. The smallest absolute Gasteiger partial charge is 0.311 e. The van der Waals surface area contributed by atoms with Crippen molar-refractivity contribution in [3.63, 3.8) is 0 Å². The Bertz CT molecular complexity index is 621. The molecule has 1 aliphatic rings. The zero-order valence-corrected chi connectivity index (χ0v) is 13.5. The van der Waals surface area contributed by atoms with Crippen LogP contribution in [0.15, 0.2) is 29.2 Å². The molecule has 0 bridgehead atoms. The second-order valence-corrected chi connectivity index (χ2v) is 6.24. The fourth-order valence-electron chi connectivity index (χ4n) is 3.33. The van der Waals surface area contributed by atoms with Crippen molar-refractivity contribution < 1.29 is 14.7 Å². The number of aliphatic carboxylic acids is 1. The first kappa shape index (κ1) is 17.2. The fraction of sp³-hybridized carbons (Fsp3) is 0.588. The molecule has 1 aromatic rings. The largest absolute Gasteiger partial charge is 0.481 e. The average molecular weight is 320 g/mol. The SMILES string of the molecule is CCCC1(C(=O)O)CCCN(C(=O)CCn2ccccc2=O)C1. The monoisotopic (exact) mass is 320 g/mol. The summed E-state index contributed by atoms with van der Waals surface area (Å²) in [6.07, 6.45) is 4.58. The highest BCUT2D eigenvalue weighted by Crippen LogP contribution is 2.35. The Morgan fingerprint density at radius 2 is 2.13 bits per heavy atom. The van der Waals surface area contributed by atoms with E-state index >= 15 is 0 Å². The lowest BCUT2D eigenvalue weighted by Crippen LogP contribution is -2.50. The van der Waals surface area contributed by atoms with Gasteiger partial charge in [0.1, 0.15) is 0 Å². The first-order valence-corrected chi connectivity index (χ1v) is 8.15. The molecule has 2 heterocycles. The van der Waals surface area contributed by atoms with Crippen LogP contribution in [0.25, 0.3) is 0 Å². The summed E-state index contributed by atoms with van der Waals surface area (Å²) in [7, 11) is 0. The van der Waals surface area contributed by atoms with E-state index in [1.54, 1.807) is 23.2 Å². The lowest BCUT2D eigenvalue weighted by Gasteiger charge is -2.40. The van der Waals surface area contributed by atoms with Gasteiger partial charge in [0.25, 0.3) is 5.56 Å². The van der Waals surface area contributed by atoms with Crippen molar-refractivity contribution in [2.24, 2.45) is 5.41 Å². The molecule has 1 saturated heterocycles. The minimum Gasteiger partial charge on any atom is -0.481 e. The average Bonchev–Trinajstić information content (AvgIpc) is 2.54. The number of aryl methyl sites for hydroxylation is 1. The van der Waals surface area contributed by atoms with Gasteiger partial charge in [-0.2, -0.15) is 0 Å². The summed E-state index contributed by atoms with van der Waals surface area (Å²) in [6.45, 7) is 3.16. The van der Waals surface area contributed by atoms with E-state index in [9.17, 15) is 19.5 Å². The molecule has 1 unspecified atom stereocenters. The van der Waals surface area contributed by atoms with Gasteiger partial charge >= 0.3 is 5.97 Å². The molecule has 1 atom stereocenters. The van der Waals surface area contributed by atoms with Crippen LogP contribution in [0.4, 0.5) is 0 Å². The molecule has 1 N–H and O–H groups in total. The predicted octanol–water partition coefficient (Wildman–Crippen LogP) is 1.73. The van der Waals surface area contributed by atoms with E-state index in [0.717, 1.165) is 6.42 Å². The van der Waals surface area contributed by atoms with Crippen LogP contribution in [0.1, 0.15) is 39.0 Å². The second-order valence-electron chi connectivity index (χ2n) is 6.24. The first-order valence-electron chi connectivity index (χ1n) is 8.15. The van der Waals surface area contributed by atoms with Gasteiger partial charge < -0.3 is 14.6 Å². The van der Waals surface area contributed by atoms with E-state index in [-0.39, 0.29) is 24.4 Å². The number of hydrogen-bond acceptors (Lipinski definition) is 3. The quantitative estimate of drug-likeness (QED) is 0.866. The van der Waals surface area contributed by atoms with E-state index in [1.807, 2.05) is 6.92 Å². The van der Waals surface area contributed by atoms with Gasteiger partial charge in [0, 0.05) is 38.3 Å². The number of carboxylic acids is 1. The predicted molar refractivity (Wildman–Crippen MR) is 86.1 cm³/mol. The van der Waals surface area contributed by atoms with Crippen molar-refractivity contribution in [2.45, 2.75) is 45.6 Å². The molecular formula is C17H24N2O4. The summed E-state index contributed by atoms with van der Waals surface area (Å²) in [5.41, 5.74) is -0.948. The van der Waals surface area contributed by atoms with Gasteiger partial charge in [-0.05, 0) is 25.3 Å². The number of hydrogen-bond donors (Lipinski definition) is 1. The molecule has 1 amide bonds. The summed E-state index contributed by atoms with van der Waals surface area (Å²) in [4.78, 5) is 37.4. The number of nitrogens with zero attached hydrogens (tertiary/aromatic N) is 2. The van der Waals surface area contributed by atoms with E-state index in [2.05, 4.69) is 0 Å². The van der Waals surface area contributed by atoms with Crippen molar-refractivity contribution in [2.75, 3.05) is 13.1 Å². The molecular weight excluding hydrogens is 296 g/mol. The highest BCUT2D eigenvalue weighted by Gasteiger charge is 2.42. The fourth-order valence-corrected chi connectivity index (χ4v) is 3.33. The van der Waals surface area contributed by atoms with Crippen LogP contribution in [0, 0.1) is 5.41 Å². The number of carbonyl (C=O) groups is 2. The molecule has 1 fully saturated rings. The third-order valence-corrected chi connectivity index (χ3v) is 4.58. The van der Waals surface area contributed by atoms with Gasteiger partial charge in [-0.1, -0.05) is 19.4 Å². The van der Waals surface area contributed by atoms with Gasteiger partial charge in [0.2, 0.25) is 5.91 Å². The number of amides is 1. The van der Waals surface area contributed by atoms with Crippen LogP contribution in [-0.2, 0) is 16.1 Å². The second kappa shape index (κ2) is 7.44. The molecule has 0 aromatic carbocycles. The number of piperidine rings is 1. The van der Waals surface area contributed by atoms with Crippen LogP contribution >= 0.6 is 0 Å². The van der Waals surface area contributed by atoms with Crippen LogP contribution in [0.5, 0.6) is 0 Å². The maximum Gasteiger partial charge on any atom is 0.311 e. The summed E-state index contributed by atoms with van der Waals surface area (Å²) in [5.74, 6) is -0.890. The molecule has 2 rings (SSSR count). The zero-order chi connectivity index (χ0) is 16.9. The molecule has 6 nitrogen and oxygen atoms in total. The number of rotatable bonds is 6. The number of likely N-dealkylation sites (tertiary alicyclic amines) is 1. The van der Waals surface area contributed by atoms with Gasteiger partial charge in [-0.15, -0.1) is 0 Å². The highest BCUT2D eigenvalue weighted by molar-refractivity contribution is 5.79. The van der Waals surface area contributed by atoms with E-state index in [4.69, 9.17) is 0 Å². The van der Waals surface area contributed by atoms with E-state index in [1.165, 1.54) is 10.6 Å². The van der Waals surface area contributed by atoms with Crippen molar-refractivity contribution >= 4 is 11.9 Å². The Labute approximate surface area is 135 Å². The maximum absolute atomic E-state index is 12.4. The zero-order valence-electron chi connectivity index (χ0n) is 13.5. The van der Waals surface area contributed by atoms with Crippen LogP contribution < -0.4 is 5.56 Å². The molecule has 0 spiro atoms. The first-order chi connectivity index (χ1) is 11.0. The number of carboxylic acid groups (broad SMARTS) is 1. The standard InChI is InChI=1S/C17H24N2O4/c1-2-8-17(16(22)23)9-5-11-19(13-17)15(21)7-12-18-10-4-3-6-14(18)20/h3-4,6,10H,2,5,7-9,11-13H2,1H3,(H,22,23). The highest BCUT2D eigenvalue weighted by atomic mass is 16.4. The Balaban J connectivity index is 2.00.